The van der Waals surface area contributed by atoms with Crippen molar-refractivity contribution >= 4 is 35.1 Å². The number of anilines is 1. The Kier molecular flexibility index (Phi) is 6.10. The van der Waals surface area contributed by atoms with Crippen LogP contribution in [0.15, 0.2) is 42.6 Å². The van der Waals surface area contributed by atoms with Crippen LogP contribution < -0.4 is 15.4 Å². The molecular weight excluding hydrogens is 384 g/mol. The number of urea groups is 1. The van der Waals surface area contributed by atoms with E-state index in [1.807, 2.05) is 0 Å². The number of pyridine rings is 1. The van der Waals surface area contributed by atoms with Crippen LogP contribution in [0.25, 0.3) is 0 Å². The Bertz CT molecular complexity index is 888. The quantitative estimate of drug-likeness (QED) is 0.693. The van der Waals surface area contributed by atoms with Crippen LogP contribution in [-0.2, 0) is 16.1 Å². The van der Waals surface area contributed by atoms with Crippen LogP contribution in [0.3, 0.4) is 0 Å². The number of carbonyl (C=O) groups excluding carboxylic acids is 3. The maximum Gasteiger partial charge on any atom is 0.325 e. The minimum absolute atomic E-state index is 0.0721. The van der Waals surface area contributed by atoms with E-state index in [-0.39, 0.29) is 31.2 Å². The Labute approximate surface area is 166 Å². The number of ether oxygens (including phenoxy) is 1. The third kappa shape index (κ3) is 4.58. The first-order valence-electron chi connectivity index (χ1n) is 8.63. The highest BCUT2D eigenvalue weighted by Crippen LogP contribution is 2.20. The van der Waals surface area contributed by atoms with Crippen molar-refractivity contribution in [1.29, 1.82) is 0 Å². The van der Waals surface area contributed by atoms with E-state index in [1.165, 1.54) is 13.3 Å². The summed E-state index contributed by atoms with van der Waals surface area (Å²) in [4.78, 5) is 41.9. The fraction of sp³-hybridized carbons (Fsp3) is 0.263. The molecule has 8 nitrogen and oxygen atoms in total. The highest BCUT2D eigenvalue weighted by Gasteiger charge is 2.38. The fourth-order valence-electron chi connectivity index (χ4n) is 2.79. The molecule has 2 N–H and O–H groups in total. The summed E-state index contributed by atoms with van der Waals surface area (Å²) in [5.74, 6) is -0.210. The highest BCUT2D eigenvalue weighted by molar-refractivity contribution is 6.31. The van der Waals surface area contributed by atoms with Gasteiger partial charge in [-0.3, -0.25) is 14.5 Å². The summed E-state index contributed by atoms with van der Waals surface area (Å²) in [6, 6.07) is 9.08. The van der Waals surface area contributed by atoms with Crippen molar-refractivity contribution in [2.45, 2.75) is 25.4 Å². The van der Waals surface area contributed by atoms with E-state index in [2.05, 4.69) is 15.6 Å². The lowest BCUT2D eigenvalue weighted by Crippen LogP contribution is -2.31. The number of benzene rings is 1. The zero-order valence-corrected chi connectivity index (χ0v) is 15.9. The van der Waals surface area contributed by atoms with Gasteiger partial charge in [-0.2, -0.15) is 0 Å². The van der Waals surface area contributed by atoms with Crippen molar-refractivity contribution < 1.29 is 19.1 Å². The van der Waals surface area contributed by atoms with Gasteiger partial charge in [0.05, 0.1) is 25.5 Å². The Balaban J connectivity index is 1.53. The normalized spacial score (nSPS) is 16.1. The summed E-state index contributed by atoms with van der Waals surface area (Å²) >= 11 is 6.10. The number of hydrogen-bond acceptors (Lipinski definition) is 5. The first kappa shape index (κ1) is 19.6. The van der Waals surface area contributed by atoms with Crippen LogP contribution in [0, 0.1) is 0 Å². The highest BCUT2D eigenvalue weighted by atomic mass is 35.5. The maximum atomic E-state index is 12.5. The number of halogens is 1. The topological polar surface area (TPSA) is 101 Å². The van der Waals surface area contributed by atoms with Crippen LogP contribution >= 0.6 is 11.6 Å². The molecule has 0 bridgehead atoms. The molecule has 0 unspecified atom stereocenters. The average Bonchev–Trinajstić information content (AvgIpc) is 2.96. The lowest BCUT2D eigenvalue weighted by Gasteiger charge is -2.14. The molecule has 1 atom stereocenters. The number of imide groups is 1. The lowest BCUT2D eigenvalue weighted by atomic mass is 10.1. The molecule has 0 radical (unpaired) electrons. The standard InChI is InChI=1S/C19H19ClN4O4/c1-28-17-9-6-13(10-21-17)22-16(25)8-7-15-18(26)24(19(27)23-15)11-12-4-2-3-5-14(12)20/h2-6,9-10,15H,7-8,11H2,1H3,(H,22,25)(H,23,27)/t15-/m0/s1. The van der Waals surface area contributed by atoms with Gasteiger partial charge in [-0.1, -0.05) is 29.8 Å². The molecule has 9 heteroatoms. The molecule has 146 valence electrons. The molecule has 1 fully saturated rings. The lowest BCUT2D eigenvalue weighted by molar-refractivity contribution is -0.128. The number of methoxy groups -OCH3 is 1. The maximum absolute atomic E-state index is 12.5. The second kappa shape index (κ2) is 8.71. The summed E-state index contributed by atoms with van der Waals surface area (Å²) in [7, 11) is 1.50. The average molecular weight is 403 g/mol. The van der Waals surface area contributed by atoms with Crippen molar-refractivity contribution in [2.75, 3.05) is 12.4 Å². The number of carbonyl (C=O) groups is 3. The van der Waals surface area contributed by atoms with Crippen LogP contribution in [0.5, 0.6) is 5.88 Å². The number of nitrogens with zero attached hydrogens (tertiary/aromatic N) is 2. The smallest absolute Gasteiger partial charge is 0.325 e. The molecule has 1 aliphatic rings. The van der Waals surface area contributed by atoms with E-state index in [1.54, 1.807) is 36.4 Å². The Morgan fingerprint density at radius 2 is 2.07 bits per heavy atom. The molecule has 0 aliphatic carbocycles. The van der Waals surface area contributed by atoms with Crippen LogP contribution in [-0.4, -0.2) is 40.9 Å². The van der Waals surface area contributed by atoms with Gasteiger partial charge in [0, 0.05) is 17.5 Å². The van der Waals surface area contributed by atoms with Gasteiger partial charge in [0.25, 0.3) is 5.91 Å². The SMILES string of the molecule is COc1ccc(NC(=O)CC[C@@H]2NC(=O)N(Cc3ccccc3Cl)C2=O)cn1. The van der Waals surface area contributed by atoms with E-state index in [4.69, 9.17) is 16.3 Å². The van der Waals surface area contributed by atoms with Crippen LogP contribution in [0.2, 0.25) is 5.02 Å². The third-order valence-corrected chi connectivity index (χ3v) is 4.65. The minimum Gasteiger partial charge on any atom is -0.481 e. The van der Waals surface area contributed by atoms with Crippen molar-refractivity contribution in [2.24, 2.45) is 0 Å². The number of nitrogens with one attached hydrogen (secondary N) is 2. The van der Waals surface area contributed by atoms with Crippen molar-refractivity contribution in [3.05, 3.63) is 53.2 Å². The first-order chi connectivity index (χ1) is 13.5. The van der Waals surface area contributed by atoms with Crippen LogP contribution in [0.4, 0.5) is 10.5 Å². The molecule has 1 aromatic carbocycles. The summed E-state index contributed by atoms with van der Waals surface area (Å²) in [6.45, 7) is 0.0879. The number of rotatable bonds is 7. The molecule has 1 aromatic heterocycles. The molecule has 28 heavy (non-hydrogen) atoms. The van der Waals surface area contributed by atoms with Crippen molar-refractivity contribution in [3.8, 4) is 5.88 Å². The molecule has 0 spiro atoms. The largest absolute Gasteiger partial charge is 0.481 e. The fourth-order valence-corrected chi connectivity index (χ4v) is 2.99. The monoisotopic (exact) mass is 402 g/mol. The van der Waals surface area contributed by atoms with Gasteiger partial charge in [-0.15, -0.1) is 0 Å². The molecule has 0 saturated carbocycles. The van der Waals surface area contributed by atoms with E-state index >= 15 is 0 Å². The zero-order chi connectivity index (χ0) is 20.1. The molecule has 1 saturated heterocycles. The number of aromatic nitrogens is 1. The molecule has 2 heterocycles. The molecule has 1 aliphatic heterocycles. The molecule has 4 amide bonds. The predicted octanol–water partition coefficient (Wildman–Crippen LogP) is 2.58. The Morgan fingerprint density at radius 3 is 2.75 bits per heavy atom. The van der Waals surface area contributed by atoms with Gasteiger partial charge in [-0.05, 0) is 24.1 Å². The third-order valence-electron chi connectivity index (χ3n) is 4.28. The second-order valence-electron chi connectivity index (χ2n) is 6.19. The van der Waals surface area contributed by atoms with Gasteiger partial charge < -0.3 is 15.4 Å². The number of hydrogen-bond donors (Lipinski definition) is 2. The number of amides is 4. The first-order valence-corrected chi connectivity index (χ1v) is 9.01. The van der Waals surface area contributed by atoms with Gasteiger partial charge >= 0.3 is 6.03 Å². The van der Waals surface area contributed by atoms with E-state index < -0.39 is 12.1 Å². The summed E-state index contributed by atoms with van der Waals surface area (Å²) in [6.07, 6.45) is 1.74. The Hall–Kier alpha value is -3.13. The molecular formula is C19H19ClN4O4. The van der Waals surface area contributed by atoms with Gasteiger partial charge in [0.2, 0.25) is 11.8 Å². The minimum atomic E-state index is -0.741. The summed E-state index contributed by atoms with van der Waals surface area (Å²) in [5.41, 5.74) is 1.20. The second-order valence-corrected chi connectivity index (χ2v) is 6.60. The van der Waals surface area contributed by atoms with E-state index in [9.17, 15) is 14.4 Å². The van der Waals surface area contributed by atoms with Gasteiger partial charge in [-0.25, -0.2) is 9.78 Å². The Morgan fingerprint density at radius 1 is 1.29 bits per heavy atom. The molecule has 3 rings (SSSR count). The van der Waals surface area contributed by atoms with Gasteiger partial charge in [0.1, 0.15) is 6.04 Å². The molecule has 2 aromatic rings. The predicted molar refractivity (Wildman–Crippen MR) is 103 cm³/mol. The van der Waals surface area contributed by atoms with Crippen molar-refractivity contribution in [3.63, 3.8) is 0 Å². The summed E-state index contributed by atoms with van der Waals surface area (Å²) in [5, 5.41) is 5.79. The summed E-state index contributed by atoms with van der Waals surface area (Å²) < 4.78 is 4.96. The van der Waals surface area contributed by atoms with Gasteiger partial charge in [0.15, 0.2) is 0 Å². The van der Waals surface area contributed by atoms with E-state index in [0.717, 1.165) is 4.90 Å². The zero-order valence-electron chi connectivity index (χ0n) is 15.1. The van der Waals surface area contributed by atoms with Crippen molar-refractivity contribution in [1.82, 2.24) is 15.2 Å². The van der Waals surface area contributed by atoms with Crippen LogP contribution in [0.1, 0.15) is 18.4 Å². The van der Waals surface area contributed by atoms with E-state index in [0.29, 0.717) is 22.2 Å².